The van der Waals surface area contributed by atoms with Crippen LogP contribution in [0.1, 0.15) is 11.1 Å². The van der Waals surface area contributed by atoms with Crippen LogP contribution in [0.2, 0.25) is 5.02 Å². The van der Waals surface area contributed by atoms with Gasteiger partial charge in [-0.1, -0.05) is 33.6 Å². The van der Waals surface area contributed by atoms with Gasteiger partial charge in [-0.3, -0.25) is 0 Å². The summed E-state index contributed by atoms with van der Waals surface area (Å²) in [6.07, 6.45) is 0.953. The summed E-state index contributed by atoms with van der Waals surface area (Å²) in [6.45, 7) is 0. The molecule has 0 heterocycles. The number of methoxy groups -OCH3 is 1. The maximum absolute atomic E-state index is 13.8. The number of halogens is 3. The third-order valence-corrected chi connectivity index (χ3v) is 4.10. The fraction of sp³-hybridized carbons (Fsp3) is 0.250. The van der Waals surface area contributed by atoms with Gasteiger partial charge in [0.2, 0.25) is 0 Å². The van der Waals surface area contributed by atoms with E-state index in [1.54, 1.807) is 19.2 Å². The second-order valence-corrected chi connectivity index (χ2v) is 6.15. The molecule has 0 saturated carbocycles. The molecular formula is C16H16BrClFNO. The molecule has 0 aliphatic rings. The zero-order chi connectivity index (χ0) is 15.4. The molecule has 5 heteroatoms. The molecule has 2 nitrogen and oxygen atoms in total. The zero-order valence-corrected chi connectivity index (χ0v) is 13.9. The van der Waals surface area contributed by atoms with Gasteiger partial charge >= 0.3 is 0 Å². The third kappa shape index (κ3) is 4.19. The van der Waals surface area contributed by atoms with Gasteiger partial charge in [0.25, 0.3) is 0 Å². The first-order chi connectivity index (χ1) is 10.0. The molecule has 0 bridgehead atoms. The highest BCUT2D eigenvalue weighted by Gasteiger charge is 2.14. The number of ether oxygens (including phenoxy) is 1. The van der Waals surface area contributed by atoms with Crippen molar-refractivity contribution in [2.24, 2.45) is 5.73 Å². The van der Waals surface area contributed by atoms with Crippen molar-refractivity contribution < 1.29 is 9.13 Å². The molecule has 0 radical (unpaired) electrons. The molecule has 0 amide bonds. The first-order valence-electron chi connectivity index (χ1n) is 6.52. The maximum Gasteiger partial charge on any atom is 0.127 e. The summed E-state index contributed by atoms with van der Waals surface area (Å²) in [6, 6.07) is 10.2. The maximum atomic E-state index is 13.8. The van der Waals surface area contributed by atoms with Crippen molar-refractivity contribution >= 4 is 27.5 Å². The minimum Gasteiger partial charge on any atom is -0.496 e. The predicted molar refractivity (Wildman–Crippen MR) is 87.5 cm³/mol. The van der Waals surface area contributed by atoms with Crippen molar-refractivity contribution in [2.75, 3.05) is 7.11 Å². The second kappa shape index (κ2) is 7.25. The predicted octanol–water partition coefficient (Wildman–Crippen LogP) is 4.36. The molecule has 0 aliphatic carbocycles. The molecule has 0 aliphatic heterocycles. The summed E-state index contributed by atoms with van der Waals surface area (Å²) in [5, 5.41) is 0.409. The summed E-state index contributed by atoms with van der Waals surface area (Å²) in [7, 11) is 1.62. The molecular weight excluding hydrogens is 357 g/mol. The topological polar surface area (TPSA) is 35.2 Å². The van der Waals surface area contributed by atoms with Crippen molar-refractivity contribution in [3.63, 3.8) is 0 Å². The highest BCUT2D eigenvalue weighted by atomic mass is 79.9. The largest absolute Gasteiger partial charge is 0.496 e. The molecule has 1 atom stereocenters. The van der Waals surface area contributed by atoms with Gasteiger partial charge in [0.1, 0.15) is 11.6 Å². The van der Waals surface area contributed by atoms with Crippen LogP contribution in [0, 0.1) is 5.82 Å². The second-order valence-electron chi connectivity index (χ2n) is 4.82. The minimum absolute atomic E-state index is 0.248. The molecule has 112 valence electrons. The normalized spacial score (nSPS) is 12.2. The number of hydrogen-bond acceptors (Lipinski definition) is 2. The van der Waals surface area contributed by atoms with Gasteiger partial charge in [0.05, 0.1) is 7.11 Å². The average Bonchev–Trinajstić information content (AvgIpc) is 2.43. The first-order valence-corrected chi connectivity index (χ1v) is 7.69. The van der Waals surface area contributed by atoms with E-state index in [0.29, 0.717) is 23.4 Å². The van der Waals surface area contributed by atoms with Crippen LogP contribution in [-0.4, -0.2) is 13.2 Å². The van der Waals surface area contributed by atoms with Crippen molar-refractivity contribution in [1.82, 2.24) is 0 Å². The number of benzene rings is 2. The molecule has 0 saturated heterocycles. The Labute approximate surface area is 137 Å². The Kier molecular flexibility index (Phi) is 5.62. The van der Waals surface area contributed by atoms with Crippen molar-refractivity contribution in [3.05, 3.63) is 62.8 Å². The average molecular weight is 373 g/mol. The summed E-state index contributed by atoms with van der Waals surface area (Å²) in [5.74, 6) is 0.451. The van der Waals surface area contributed by atoms with E-state index in [2.05, 4.69) is 15.9 Å². The number of nitrogens with two attached hydrogens (primary N) is 1. The van der Waals surface area contributed by atoms with Gasteiger partial charge in [-0.25, -0.2) is 4.39 Å². The van der Waals surface area contributed by atoms with Crippen LogP contribution in [0.5, 0.6) is 5.75 Å². The first kappa shape index (κ1) is 16.3. The summed E-state index contributed by atoms with van der Waals surface area (Å²) >= 11 is 9.46. The molecule has 2 aromatic rings. The Morgan fingerprint density at radius 1 is 1.29 bits per heavy atom. The van der Waals surface area contributed by atoms with Crippen molar-refractivity contribution in [1.29, 1.82) is 0 Å². The van der Waals surface area contributed by atoms with E-state index in [-0.39, 0.29) is 11.9 Å². The van der Waals surface area contributed by atoms with Crippen LogP contribution in [0.3, 0.4) is 0 Å². The van der Waals surface area contributed by atoms with Crippen molar-refractivity contribution in [3.8, 4) is 5.75 Å². The lowest BCUT2D eigenvalue weighted by Crippen LogP contribution is -2.26. The molecule has 0 fully saturated rings. The Morgan fingerprint density at radius 2 is 2.05 bits per heavy atom. The fourth-order valence-electron chi connectivity index (χ4n) is 2.25. The smallest absolute Gasteiger partial charge is 0.127 e. The zero-order valence-electron chi connectivity index (χ0n) is 11.6. The van der Waals surface area contributed by atoms with Gasteiger partial charge in [-0.2, -0.15) is 0 Å². The van der Waals surface area contributed by atoms with Gasteiger partial charge < -0.3 is 10.5 Å². The van der Waals surface area contributed by atoms with Crippen LogP contribution in [-0.2, 0) is 12.8 Å². The summed E-state index contributed by atoms with van der Waals surface area (Å²) in [5.41, 5.74) is 7.59. The standard InChI is InChI=1S/C16H16BrClFNO/c1-21-16-6-5-11(17)7-10(16)8-12(20)9-13-14(18)3-2-4-15(13)19/h2-7,12H,8-9,20H2,1H3. The lowest BCUT2D eigenvalue weighted by Gasteiger charge is -2.16. The van der Waals surface area contributed by atoms with Gasteiger partial charge in [0.15, 0.2) is 0 Å². The molecule has 2 N–H and O–H groups in total. The van der Waals surface area contributed by atoms with Crippen molar-refractivity contribution in [2.45, 2.75) is 18.9 Å². The summed E-state index contributed by atoms with van der Waals surface area (Å²) in [4.78, 5) is 0. The highest BCUT2D eigenvalue weighted by Crippen LogP contribution is 2.26. The Bertz CT molecular complexity index is 615. The monoisotopic (exact) mass is 371 g/mol. The van der Waals surface area contributed by atoms with Crippen LogP contribution in [0.25, 0.3) is 0 Å². The number of hydrogen-bond donors (Lipinski definition) is 1. The molecule has 2 aromatic carbocycles. The fourth-order valence-corrected chi connectivity index (χ4v) is 2.90. The van der Waals surface area contributed by atoms with Crippen LogP contribution in [0.4, 0.5) is 4.39 Å². The third-order valence-electron chi connectivity index (χ3n) is 3.25. The van der Waals surface area contributed by atoms with Gasteiger partial charge in [-0.05, 0) is 48.7 Å². The van der Waals surface area contributed by atoms with E-state index in [1.807, 2.05) is 18.2 Å². The number of rotatable bonds is 5. The summed E-state index contributed by atoms with van der Waals surface area (Å²) < 4.78 is 20.1. The van der Waals surface area contributed by atoms with E-state index in [9.17, 15) is 4.39 Å². The van der Waals surface area contributed by atoms with E-state index < -0.39 is 0 Å². The molecule has 1 unspecified atom stereocenters. The van der Waals surface area contributed by atoms with E-state index in [0.717, 1.165) is 15.8 Å². The Hall–Kier alpha value is -1.10. The SMILES string of the molecule is COc1ccc(Br)cc1CC(N)Cc1c(F)cccc1Cl. The minimum atomic E-state index is -0.320. The molecule has 0 spiro atoms. The quantitative estimate of drug-likeness (QED) is 0.846. The van der Waals surface area contributed by atoms with Crippen LogP contribution in [0.15, 0.2) is 40.9 Å². The molecule has 2 rings (SSSR count). The van der Waals surface area contributed by atoms with Gasteiger partial charge in [0, 0.05) is 21.1 Å². The Morgan fingerprint density at radius 3 is 2.71 bits per heavy atom. The lowest BCUT2D eigenvalue weighted by atomic mass is 9.99. The molecule has 0 aromatic heterocycles. The lowest BCUT2D eigenvalue weighted by molar-refractivity contribution is 0.407. The van der Waals surface area contributed by atoms with Crippen LogP contribution >= 0.6 is 27.5 Å². The highest BCUT2D eigenvalue weighted by molar-refractivity contribution is 9.10. The van der Waals surface area contributed by atoms with E-state index in [4.69, 9.17) is 22.1 Å². The van der Waals surface area contributed by atoms with E-state index >= 15 is 0 Å². The van der Waals surface area contributed by atoms with E-state index in [1.165, 1.54) is 6.07 Å². The molecule has 21 heavy (non-hydrogen) atoms. The Balaban J connectivity index is 2.15. The van der Waals surface area contributed by atoms with Gasteiger partial charge in [-0.15, -0.1) is 0 Å². The van der Waals surface area contributed by atoms with Crippen LogP contribution < -0.4 is 10.5 Å².